The Morgan fingerprint density at radius 2 is 2.33 bits per heavy atom. The molecular formula is C19H19FN6O3S. The second-order valence-electron chi connectivity index (χ2n) is 6.60. The Balaban J connectivity index is 1.45. The molecule has 0 radical (unpaired) electrons. The lowest BCUT2D eigenvalue weighted by Crippen LogP contribution is -2.34. The summed E-state index contributed by atoms with van der Waals surface area (Å²) < 4.78 is 28.3. The molecule has 0 spiro atoms. The van der Waals surface area contributed by atoms with E-state index >= 15 is 0 Å². The number of nitrogens with one attached hydrogen (secondary N) is 1. The summed E-state index contributed by atoms with van der Waals surface area (Å²) in [6.07, 6.45) is 5.83. The molecule has 1 fully saturated rings. The number of aromatic nitrogens is 4. The topological polar surface area (TPSA) is 86.4 Å². The van der Waals surface area contributed by atoms with Crippen molar-refractivity contribution in [1.29, 1.82) is 0 Å². The van der Waals surface area contributed by atoms with Crippen LogP contribution in [0.25, 0.3) is 5.69 Å². The Kier molecular flexibility index (Phi) is 5.61. The number of amides is 1. The highest BCUT2D eigenvalue weighted by molar-refractivity contribution is 7.80. The van der Waals surface area contributed by atoms with Gasteiger partial charge in [0, 0.05) is 18.6 Å². The fourth-order valence-corrected chi connectivity index (χ4v) is 3.20. The van der Waals surface area contributed by atoms with Crippen molar-refractivity contribution in [2.24, 2.45) is 0 Å². The van der Waals surface area contributed by atoms with Crippen molar-refractivity contribution in [3.8, 4) is 5.69 Å². The molecule has 1 saturated heterocycles. The highest BCUT2D eigenvalue weighted by atomic mass is 32.1. The molecule has 0 aliphatic carbocycles. The quantitative estimate of drug-likeness (QED) is 0.600. The molecule has 0 saturated carbocycles. The van der Waals surface area contributed by atoms with Gasteiger partial charge in [0.15, 0.2) is 0 Å². The summed E-state index contributed by atoms with van der Waals surface area (Å²) in [5.74, 6) is -0.481. The number of nitrogens with zero attached hydrogens (tertiary/aromatic N) is 5. The number of cyclic esters (lactones) is 1. The maximum absolute atomic E-state index is 14.8. The number of anilines is 1. The number of carbonyl (C=O) groups is 1. The SMILES string of the molecule is COC(=S)NC[C@H]1CN(c2ccc(-n3cnc(Cn4cccn4)c3)c(F)c2)C(=O)O1. The van der Waals surface area contributed by atoms with Crippen LogP contribution in [-0.4, -0.2) is 56.9 Å². The largest absolute Gasteiger partial charge is 0.474 e. The maximum Gasteiger partial charge on any atom is 0.414 e. The minimum absolute atomic E-state index is 0.215. The molecule has 30 heavy (non-hydrogen) atoms. The van der Waals surface area contributed by atoms with E-state index in [4.69, 9.17) is 21.7 Å². The van der Waals surface area contributed by atoms with E-state index in [1.54, 1.807) is 40.1 Å². The first kappa shape index (κ1) is 19.8. The number of carbonyl (C=O) groups excluding carboxylic acids is 1. The second-order valence-corrected chi connectivity index (χ2v) is 6.97. The van der Waals surface area contributed by atoms with Gasteiger partial charge in [-0.1, -0.05) is 0 Å². The Bertz CT molecular complexity index is 1050. The molecular weight excluding hydrogens is 411 g/mol. The lowest BCUT2D eigenvalue weighted by molar-refractivity contribution is 0.142. The third-order valence-corrected chi connectivity index (χ3v) is 4.88. The van der Waals surface area contributed by atoms with Crippen LogP contribution in [0.2, 0.25) is 0 Å². The number of imidazole rings is 1. The zero-order valence-corrected chi connectivity index (χ0v) is 16.9. The van der Waals surface area contributed by atoms with Crippen LogP contribution in [0.1, 0.15) is 5.69 Å². The Labute approximate surface area is 177 Å². The molecule has 11 heteroatoms. The van der Waals surface area contributed by atoms with Crippen LogP contribution in [0, 0.1) is 5.82 Å². The molecule has 0 unspecified atom stereocenters. The number of benzene rings is 1. The Morgan fingerprint density at radius 1 is 1.47 bits per heavy atom. The van der Waals surface area contributed by atoms with Crippen LogP contribution in [0.3, 0.4) is 0 Å². The summed E-state index contributed by atoms with van der Waals surface area (Å²) in [6, 6.07) is 6.40. The summed E-state index contributed by atoms with van der Waals surface area (Å²) in [5.41, 5.74) is 1.48. The van der Waals surface area contributed by atoms with Crippen LogP contribution in [0.15, 0.2) is 49.2 Å². The van der Waals surface area contributed by atoms with Gasteiger partial charge in [0.2, 0.25) is 0 Å². The highest BCUT2D eigenvalue weighted by Crippen LogP contribution is 2.25. The summed E-state index contributed by atoms with van der Waals surface area (Å²) in [4.78, 5) is 17.9. The molecule has 1 aromatic carbocycles. The molecule has 9 nitrogen and oxygen atoms in total. The average molecular weight is 430 g/mol. The van der Waals surface area contributed by atoms with Gasteiger partial charge >= 0.3 is 6.09 Å². The minimum Gasteiger partial charge on any atom is -0.474 e. The zero-order valence-electron chi connectivity index (χ0n) is 16.1. The maximum atomic E-state index is 14.8. The Morgan fingerprint density at radius 3 is 3.07 bits per heavy atom. The molecule has 1 aliphatic rings. The molecule has 1 aliphatic heterocycles. The van der Waals surface area contributed by atoms with E-state index in [-0.39, 0.29) is 11.7 Å². The Hall–Kier alpha value is -3.47. The predicted molar refractivity (Wildman–Crippen MR) is 110 cm³/mol. The van der Waals surface area contributed by atoms with Crippen molar-refractivity contribution in [1.82, 2.24) is 24.6 Å². The number of halogens is 1. The van der Waals surface area contributed by atoms with Crippen LogP contribution in [0.5, 0.6) is 0 Å². The third kappa shape index (κ3) is 4.25. The van der Waals surface area contributed by atoms with Gasteiger partial charge in [-0.25, -0.2) is 14.2 Å². The van der Waals surface area contributed by atoms with Gasteiger partial charge in [-0.3, -0.25) is 9.58 Å². The standard InChI is InChI=1S/C19H19FN6O3S/c1-28-18(30)21-8-15-11-26(19(27)29-15)14-3-4-17(16(20)7-14)24-9-13(22-12-24)10-25-6-2-5-23-25/h2-7,9,12,15H,8,10-11H2,1H3,(H,21,30)/t15-/m0/s1. The molecule has 156 valence electrons. The minimum atomic E-state index is -0.540. The van der Waals surface area contributed by atoms with E-state index < -0.39 is 18.0 Å². The fourth-order valence-electron chi connectivity index (χ4n) is 3.12. The van der Waals surface area contributed by atoms with E-state index in [0.29, 0.717) is 24.5 Å². The highest BCUT2D eigenvalue weighted by Gasteiger charge is 2.32. The number of rotatable bonds is 6. The number of hydrogen-bond acceptors (Lipinski definition) is 6. The van der Waals surface area contributed by atoms with Crippen LogP contribution < -0.4 is 10.2 Å². The summed E-state index contributed by atoms with van der Waals surface area (Å²) in [5, 5.41) is 7.19. The lowest BCUT2D eigenvalue weighted by Gasteiger charge is -2.15. The van der Waals surface area contributed by atoms with Crippen molar-refractivity contribution in [3.63, 3.8) is 0 Å². The van der Waals surface area contributed by atoms with Gasteiger partial charge in [-0.15, -0.1) is 0 Å². The van der Waals surface area contributed by atoms with Crippen molar-refractivity contribution in [2.75, 3.05) is 25.1 Å². The van der Waals surface area contributed by atoms with Crippen molar-refractivity contribution < 1.29 is 18.7 Å². The zero-order chi connectivity index (χ0) is 21.1. The van der Waals surface area contributed by atoms with E-state index in [2.05, 4.69) is 15.4 Å². The van der Waals surface area contributed by atoms with Crippen molar-refractivity contribution in [3.05, 3.63) is 60.7 Å². The van der Waals surface area contributed by atoms with Crippen LogP contribution in [-0.2, 0) is 16.0 Å². The van der Waals surface area contributed by atoms with E-state index in [1.807, 2.05) is 12.3 Å². The lowest BCUT2D eigenvalue weighted by atomic mass is 10.2. The number of thiocarbonyl (C=S) groups is 1. The number of methoxy groups -OCH3 is 1. The molecule has 1 N–H and O–H groups in total. The number of ether oxygens (including phenoxy) is 2. The molecule has 4 rings (SSSR count). The van der Waals surface area contributed by atoms with E-state index in [0.717, 1.165) is 5.69 Å². The molecule has 1 amide bonds. The van der Waals surface area contributed by atoms with Gasteiger partial charge in [0.1, 0.15) is 11.9 Å². The smallest absolute Gasteiger partial charge is 0.414 e. The first-order chi connectivity index (χ1) is 14.5. The summed E-state index contributed by atoms with van der Waals surface area (Å²) in [7, 11) is 1.45. The van der Waals surface area contributed by atoms with Crippen LogP contribution in [0.4, 0.5) is 14.9 Å². The fraction of sp³-hybridized carbons (Fsp3) is 0.263. The van der Waals surface area contributed by atoms with E-state index in [9.17, 15) is 9.18 Å². The first-order valence-electron chi connectivity index (χ1n) is 9.13. The molecule has 3 heterocycles. The molecule has 2 aromatic heterocycles. The first-order valence-corrected chi connectivity index (χ1v) is 9.54. The van der Waals surface area contributed by atoms with Crippen molar-refractivity contribution >= 4 is 29.2 Å². The average Bonchev–Trinajstić information content (AvgIpc) is 3.48. The van der Waals surface area contributed by atoms with Gasteiger partial charge in [-0.05, 0) is 36.5 Å². The van der Waals surface area contributed by atoms with Crippen molar-refractivity contribution in [2.45, 2.75) is 12.6 Å². The second kappa shape index (κ2) is 8.49. The summed E-state index contributed by atoms with van der Waals surface area (Å²) >= 11 is 4.90. The van der Waals surface area contributed by atoms with Crippen LogP contribution >= 0.6 is 12.2 Å². The normalized spacial score (nSPS) is 15.9. The predicted octanol–water partition coefficient (Wildman–Crippen LogP) is 2.10. The van der Waals surface area contributed by atoms with Gasteiger partial charge < -0.3 is 19.4 Å². The third-order valence-electron chi connectivity index (χ3n) is 4.57. The van der Waals surface area contributed by atoms with E-state index in [1.165, 1.54) is 18.1 Å². The van der Waals surface area contributed by atoms with Gasteiger partial charge in [0.05, 0.1) is 50.1 Å². The monoisotopic (exact) mass is 430 g/mol. The number of hydrogen-bond donors (Lipinski definition) is 1. The summed E-state index contributed by atoms with van der Waals surface area (Å²) in [6.45, 7) is 1.07. The molecule has 0 bridgehead atoms. The van der Waals surface area contributed by atoms with Gasteiger partial charge in [0.25, 0.3) is 5.17 Å². The van der Waals surface area contributed by atoms with Gasteiger partial charge in [-0.2, -0.15) is 5.10 Å². The molecule has 3 aromatic rings. The molecule has 1 atom stereocenters.